The molecule has 6 heteroatoms. The van der Waals surface area contributed by atoms with E-state index in [1.54, 1.807) is 36.9 Å². The highest BCUT2D eigenvalue weighted by Crippen LogP contribution is 2.21. The lowest BCUT2D eigenvalue weighted by Crippen LogP contribution is -2.36. The Morgan fingerprint density at radius 3 is 2.80 bits per heavy atom. The SMILES string of the molecule is CCNC(=O)c1ccc(N)c(NCC(C)(O)CSC)c1. The number of aliphatic hydroxyl groups is 1. The third-order valence-electron chi connectivity index (χ3n) is 2.77. The molecule has 0 fully saturated rings. The van der Waals surface area contributed by atoms with Gasteiger partial charge in [0.05, 0.1) is 17.0 Å². The lowest BCUT2D eigenvalue weighted by Gasteiger charge is -2.23. The normalized spacial score (nSPS) is 13.6. The molecule has 1 aromatic carbocycles. The summed E-state index contributed by atoms with van der Waals surface area (Å²) in [7, 11) is 0. The van der Waals surface area contributed by atoms with E-state index in [0.717, 1.165) is 0 Å². The van der Waals surface area contributed by atoms with Gasteiger partial charge in [-0.05, 0) is 38.3 Å². The molecule has 0 aliphatic carbocycles. The van der Waals surface area contributed by atoms with Crippen molar-refractivity contribution in [2.45, 2.75) is 19.4 Å². The van der Waals surface area contributed by atoms with E-state index < -0.39 is 5.60 Å². The summed E-state index contributed by atoms with van der Waals surface area (Å²) in [6.07, 6.45) is 1.94. The first-order chi connectivity index (χ1) is 9.39. The van der Waals surface area contributed by atoms with E-state index in [1.807, 2.05) is 13.2 Å². The number of hydrogen-bond donors (Lipinski definition) is 4. The van der Waals surface area contributed by atoms with Crippen molar-refractivity contribution in [3.63, 3.8) is 0 Å². The van der Waals surface area contributed by atoms with Gasteiger partial charge >= 0.3 is 0 Å². The Labute approximate surface area is 124 Å². The second kappa shape index (κ2) is 7.40. The fraction of sp³-hybridized carbons (Fsp3) is 0.500. The fourth-order valence-corrected chi connectivity index (χ4v) is 2.48. The van der Waals surface area contributed by atoms with Crippen molar-refractivity contribution >= 4 is 29.0 Å². The molecule has 0 aromatic heterocycles. The second-order valence-corrected chi connectivity index (χ2v) is 5.81. The quantitative estimate of drug-likeness (QED) is 0.574. The highest BCUT2D eigenvalue weighted by molar-refractivity contribution is 7.98. The maximum atomic E-state index is 11.8. The zero-order valence-electron chi connectivity index (χ0n) is 12.2. The number of anilines is 2. The van der Waals surface area contributed by atoms with Gasteiger partial charge in [0.1, 0.15) is 0 Å². The molecule has 0 aliphatic rings. The monoisotopic (exact) mass is 297 g/mol. The third-order valence-corrected chi connectivity index (χ3v) is 3.68. The van der Waals surface area contributed by atoms with Crippen molar-refractivity contribution in [1.82, 2.24) is 5.32 Å². The van der Waals surface area contributed by atoms with Gasteiger partial charge in [0.25, 0.3) is 5.91 Å². The van der Waals surface area contributed by atoms with Gasteiger partial charge in [-0.15, -0.1) is 0 Å². The first kappa shape index (κ1) is 16.7. The van der Waals surface area contributed by atoms with E-state index in [4.69, 9.17) is 5.73 Å². The van der Waals surface area contributed by atoms with Crippen LogP contribution in [0.2, 0.25) is 0 Å². The van der Waals surface area contributed by atoms with Crippen LogP contribution in [0.25, 0.3) is 0 Å². The number of amides is 1. The number of nitrogen functional groups attached to an aromatic ring is 1. The average Bonchev–Trinajstić information content (AvgIpc) is 2.38. The molecule has 112 valence electrons. The molecule has 20 heavy (non-hydrogen) atoms. The first-order valence-electron chi connectivity index (χ1n) is 6.52. The molecule has 5 N–H and O–H groups in total. The van der Waals surface area contributed by atoms with Gasteiger partial charge in [0, 0.05) is 24.4 Å². The van der Waals surface area contributed by atoms with Crippen LogP contribution in [0.15, 0.2) is 18.2 Å². The van der Waals surface area contributed by atoms with Crippen LogP contribution < -0.4 is 16.4 Å². The first-order valence-corrected chi connectivity index (χ1v) is 7.92. The molecule has 1 rings (SSSR count). The largest absolute Gasteiger partial charge is 0.397 e. The van der Waals surface area contributed by atoms with Crippen molar-refractivity contribution in [1.29, 1.82) is 0 Å². The molecule has 0 saturated carbocycles. The number of nitrogens with two attached hydrogens (primary N) is 1. The molecule has 0 aliphatic heterocycles. The Morgan fingerprint density at radius 1 is 1.50 bits per heavy atom. The number of rotatable bonds is 7. The fourth-order valence-electron chi connectivity index (χ4n) is 1.76. The molecule has 1 unspecified atom stereocenters. The zero-order chi connectivity index (χ0) is 15.2. The minimum atomic E-state index is -0.826. The lowest BCUT2D eigenvalue weighted by atomic mass is 10.1. The molecule has 5 nitrogen and oxygen atoms in total. The van der Waals surface area contributed by atoms with Gasteiger partial charge in [0.2, 0.25) is 0 Å². The van der Waals surface area contributed by atoms with Gasteiger partial charge in [-0.2, -0.15) is 11.8 Å². The molecule has 1 aromatic rings. The third kappa shape index (κ3) is 4.94. The molecule has 0 heterocycles. The molecule has 0 bridgehead atoms. The Morgan fingerprint density at radius 2 is 2.20 bits per heavy atom. The van der Waals surface area contributed by atoms with Crippen LogP contribution in [0.4, 0.5) is 11.4 Å². The van der Waals surface area contributed by atoms with Crippen LogP contribution in [-0.2, 0) is 0 Å². The number of benzene rings is 1. The van der Waals surface area contributed by atoms with E-state index >= 15 is 0 Å². The van der Waals surface area contributed by atoms with Crippen molar-refractivity contribution < 1.29 is 9.90 Å². The highest BCUT2D eigenvalue weighted by atomic mass is 32.2. The maximum absolute atomic E-state index is 11.8. The van der Waals surface area contributed by atoms with E-state index in [0.29, 0.717) is 35.8 Å². The minimum Gasteiger partial charge on any atom is -0.397 e. The van der Waals surface area contributed by atoms with E-state index in [9.17, 15) is 9.90 Å². The molecule has 1 atom stereocenters. The Kier molecular flexibility index (Phi) is 6.16. The Balaban J connectivity index is 2.79. The summed E-state index contributed by atoms with van der Waals surface area (Å²) in [5.41, 5.74) is 6.82. The van der Waals surface area contributed by atoms with E-state index in [2.05, 4.69) is 10.6 Å². The van der Waals surface area contributed by atoms with Crippen LogP contribution in [0.5, 0.6) is 0 Å². The van der Waals surface area contributed by atoms with Gasteiger partial charge in [0.15, 0.2) is 0 Å². The molecular weight excluding hydrogens is 274 g/mol. The van der Waals surface area contributed by atoms with Gasteiger partial charge in [-0.1, -0.05) is 0 Å². The van der Waals surface area contributed by atoms with E-state index in [-0.39, 0.29) is 5.91 Å². The summed E-state index contributed by atoms with van der Waals surface area (Å²) in [5, 5.41) is 16.0. The van der Waals surface area contributed by atoms with Crippen LogP contribution in [0.1, 0.15) is 24.2 Å². The molecular formula is C14H23N3O2S. The summed E-state index contributed by atoms with van der Waals surface area (Å²) in [6, 6.07) is 5.08. The predicted molar refractivity (Wildman–Crippen MR) is 86.4 cm³/mol. The van der Waals surface area contributed by atoms with Gasteiger partial charge in [-0.3, -0.25) is 4.79 Å². The molecule has 1 amide bonds. The number of thioether (sulfide) groups is 1. The average molecular weight is 297 g/mol. The van der Waals surface area contributed by atoms with Gasteiger partial charge in [-0.25, -0.2) is 0 Å². The summed E-state index contributed by atoms with van der Waals surface area (Å²) in [4.78, 5) is 11.8. The number of hydrogen-bond acceptors (Lipinski definition) is 5. The number of carbonyl (C=O) groups is 1. The summed E-state index contributed by atoms with van der Waals surface area (Å²) in [6.45, 7) is 4.58. The summed E-state index contributed by atoms with van der Waals surface area (Å²) in [5.74, 6) is 0.488. The number of nitrogens with one attached hydrogen (secondary N) is 2. The van der Waals surface area contributed by atoms with Crippen molar-refractivity contribution in [2.24, 2.45) is 0 Å². The number of carbonyl (C=O) groups excluding carboxylic acids is 1. The highest BCUT2D eigenvalue weighted by Gasteiger charge is 2.19. The molecule has 0 saturated heterocycles. The minimum absolute atomic E-state index is 0.133. The van der Waals surface area contributed by atoms with Crippen LogP contribution >= 0.6 is 11.8 Å². The smallest absolute Gasteiger partial charge is 0.251 e. The van der Waals surface area contributed by atoms with Crippen LogP contribution in [0, 0.1) is 0 Å². The standard InChI is InChI=1S/C14H23N3O2S/c1-4-16-13(18)10-5-6-11(15)12(7-10)17-8-14(2,19)9-20-3/h5-7,17,19H,4,8-9,15H2,1-3H3,(H,16,18). The second-order valence-electron chi connectivity index (χ2n) is 4.94. The van der Waals surface area contributed by atoms with Crippen molar-refractivity contribution in [2.75, 3.05) is 36.1 Å². The lowest BCUT2D eigenvalue weighted by molar-refractivity contribution is 0.0955. The van der Waals surface area contributed by atoms with Crippen molar-refractivity contribution in [3.8, 4) is 0 Å². The molecule has 0 spiro atoms. The predicted octanol–water partition coefficient (Wildman–Crippen LogP) is 1.54. The summed E-state index contributed by atoms with van der Waals surface area (Å²) >= 11 is 1.58. The Bertz CT molecular complexity index is 464. The van der Waals surface area contributed by atoms with Crippen LogP contribution in [-0.4, -0.2) is 41.7 Å². The van der Waals surface area contributed by atoms with Crippen molar-refractivity contribution in [3.05, 3.63) is 23.8 Å². The van der Waals surface area contributed by atoms with Gasteiger partial charge < -0.3 is 21.5 Å². The summed E-state index contributed by atoms with van der Waals surface area (Å²) < 4.78 is 0. The topological polar surface area (TPSA) is 87.4 Å². The molecule has 0 radical (unpaired) electrons. The zero-order valence-corrected chi connectivity index (χ0v) is 13.0. The van der Waals surface area contributed by atoms with E-state index in [1.165, 1.54) is 0 Å². The van der Waals surface area contributed by atoms with Crippen LogP contribution in [0.3, 0.4) is 0 Å². The Hall–Kier alpha value is -1.40. The maximum Gasteiger partial charge on any atom is 0.251 e.